The molecular formula is C19H26ClN5O2. The summed E-state index contributed by atoms with van der Waals surface area (Å²) in [5.41, 5.74) is 3.69. The smallest absolute Gasteiger partial charge is 0.275 e. The van der Waals surface area contributed by atoms with Gasteiger partial charge in [-0.1, -0.05) is 0 Å². The fourth-order valence-corrected chi connectivity index (χ4v) is 3.34. The van der Waals surface area contributed by atoms with Crippen LogP contribution in [0.25, 0.3) is 0 Å². The molecule has 0 unspecified atom stereocenters. The lowest BCUT2D eigenvalue weighted by atomic mass is 10.1. The van der Waals surface area contributed by atoms with Crippen molar-refractivity contribution in [2.24, 2.45) is 0 Å². The quantitative estimate of drug-likeness (QED) is 0.790. The number of halogens is 1. The number of nitrogens with zero attached hydrogens (tertiary/aromatic N) is 3. The van der Waals surface area contributed by atoms with Crippen LogP contribution in [0.2, 0.25) is 0 Å². The Kier molecular flexibility index (Phi) is 6.01. The third-order valence-corrected chi connectivity index (χ3v) is 4.77. The van der Waals surface area contributed by atoms with Crippen molar-refractivity contribution < 1.29 is 9.53 Å². The van der Waals surface area contributed by atoms with Crippen LogP contribution < -0.4 is 10.1 Å². The fraction of sp³-hybridized carbons (Fsp3) is 0.526. The summed E-state index contributed by atoms with van der Waals surface area (Å²) in [4.78, 5) is 19.4. The molecule has 4 rings (SSSR count). The van der Waals surface area contributed by atoms with Crippen LogP contribution in [0.1, 0.15) is 54.0 Å². The van der Waals surface area contributed by atoms with Gasteiger partial charge in [-0.25, -0.2) is 4.98 Å². The number of ether oxygens (including phenoxy) is 1. The van der Waals surface area contributed by atoms with Crippen molar-refractivity contribution in [1.82, 2.24) is 25.4 Å². The number of hydrogen-bond acceptors (Lipinski definition) is 5. The van der Waals surface area contributed by atoms with E-state index in [0.717, 1.165) is 42.6 Å². The van der Waals surface area contributed by atoms with Crippen molar-refractivity contribution in [2.45, 2.75) is 58.3 Å². The summed E-state index contributed by atoms with van der Waals surface area (Å²) in [5, 5.41) is 10.7. The summed E-state index contributed by atoms with van der Waals surface area (Å²) < 4.78 is 5.68. The highest BCUT2D eigenvalue weighted by molar-refractivity contribution is 5.94. The van der Waals surface area contributed by atoms with Crippen LogP contribution in [0.15, 0.2) is 18.3 Å². The summed E-state index contributed by atoms with van der Waals surface area (Å²) in [5.74, 6) is 0.610. The van der Waals surface area contributed by atoms with Gasteiger partial charge in [-0.3, -0.25) is 9.89 Å². The summed E-state index contributed by atoms with van der Waals surface area (Å²) in [6, 6.07) is 4.16. The molecule has 146 valence electrons. The molecule has 8 heteroatoms. The number of pyridine rings is 1. The molecule has 2 aromatic rings. The van der Waals surface area contributed by atoms with Crippen molar-refractivity contribution in [1.29, 1.82) is 0 Å². The Bertz CT molecular complexity index is 803. The van der Waals surface area contributed by atoms with Gasteiger partial charge in [0.15, 0.2) is 5.69 Å². The first-order chi connectivity index (χ1) is 12.6. The third kappa shape index (κ3) is 4.42. The SMILES string of the molecule is CC(C)Oc1cc(CN(C(=O)c2n[nH]c3c2CNCC3)C2CC2)ccn1.Cl. The molecule has 7 nitrogen and oxygen atoms in total. The average molecular weight is 392 g/mol. The zero-order valence-corrected chi connectivity index (χ0v) is 16.5. The lowest BCUT2D eigenvalue weighted by Crippen LogP contribution is -2.34. The van der Waals surface area contributed by atoms with Gasteiger partial charge >= 0.3 is 0 Å². The molecule has 2 aromatic heterocycles. The predicted molar refractivity (Wildman–Crippen MR) is 104 cm³/mol. The third-order valence-electron chi connectivity index (χ3n) is 4.77. The van der Waals surface area contributed by atoms with E-state index in [9.17, 15) is 4.79 Å². The lowest BCUT2D eigenvalue weighted by molar-refractivity contribution is 0.0722. The minimum Gasteiger partial charge on any atom is -0.475 e. The van der Waals surface area contributed by atoms with E-state index in [0.29, 0.717) is 30.7 Å². The van der Waals surface area contributed by atoms with Gasteiger partial charge in [-0.2, -0.15) is 5.10 Å². The first-order valence-electron chi connectivity index (χ1n) is 9.31. The van der Waals surface area contributed by atoms with Gasteiger partial charge in [0.25, 0.3) is 5.91 Å². The van der Waals surface area contributed by atoms with Gasteiger partial charge in [0, 0.05) is 55.6 Å². The minimum absolute atomic E-state index is 0. The number of amides is 1. The number of rotatable bonds is 6. The maximum atomic E-state index is 13.2. The van der Waals surface area contributed by atoms with Gasteiger partial charge in [-0.15, -0.1) is 12.4 Å². The van der Waals surface area contributed by atoms with Gasteiger partial charge in [-0.05, 0) is 38.3 Å². The van der Waals surface area contributed by atoms with Crippen molar-refractivity contribution in [3.63, 3.8) is 0 Å². The number of carbonyl (C=O) groups excluding carboxylic acids is 1. The highest BCUT2D eigenvalue weighted by atomic mass is 35.5. The fourth-order valence-electron chi connectivity index (χ4n) is 3.34. The second-order valence-electron chi connectivity index (χ2n) is 7.29. The maximum Gasteiger partial charge on any atom is 0.275 e. The van der Waals surface area contributed by atoms with Crippen LogP contribution in [0.3, 0.4) is 0 Å². The summed E-state index contributed by atoms with van der Waals surface area (Å²) in [7, 11) is 0. The van der Waals surface area contributed by atoms with Crippen molar-refractivity contribution >= 4 is 18.3 Å². The number of carbonyl (C=O) groups is 1. The highest BCUT2D eigenvalue weighted by Gasteiger charge is 2.35. The summed E-state index contributed by atoms with van der Waals surface area (Å²) in [6.07, 6.45) is 4.80. The molecule has 1 saturated carbocycles. The predicted octanol–water partition coefficient (Wildman–Crippen LogP) is 2.46. The van der Waals surface area contributed by atoms with Crippen LogP contribution in [0, 0.1) is 0 Å². The number of nitrogens with one attached hydrogen (secondary N) is 2. The lowest BCUT2D eigenvalue weighted by Gasteiger charge is -2.23. The monoisotopic (exact) mass is 391 g/mol. The first kappa shape index (κ1) is 19.6. The molecule has 1 aliphatic carbocycles. The van der Waals surface area contributed by atoms with E-state index in [4.69, 9.17) is 4.74 Å². The molecule has 0 radical (unpaired) electrons. The molecule has 2 N–H and O–H groups in total. The zero-order chi connectivity index (χ0) is 18.1. The van der Waals surface area contributed by atoms with E-state index < -0.39 is 0 Å². The van der Waals surface area contributed by atoms with Crippen LogP contribution in [-0.2, 0) is 19.5 Å². The van der Waals surface area contributed by atoms with Gasteiger partial charge in [0.2, 0.25) is 5.88 Å². The van der Waals surface area contributed by atoms with E-state index in [1.807, 2.05) is 30.9 Å². The molecule has 0 bridgehead atoms. The molecule has 3 heterocycles. The second kappa shape index (κ2) is 8.27. The average Bonchev–Trinajstić information content (AvgIpc) is 3.37. The summed E-state index contributed by atoms with van der Waals surface area (Å²) >= 11 is 0. The second-order valence-corrected chi connectivity index (χ2v) is 7.29. The Balaban J connectivity index is 0.00000210. The van der Waals surface area contributed by atoms with Crippen molar-refractivity contribution in [3.8, 4) is 5.88 Å². The van der Waals surface area contributed by atoms with E-state index >= 15 is 0 Å². The molecule has 1 aliphatic heterocycles. The zero-order valence-electron chi connectivity index (χ0n) is 15.7. The Labute approximate surface area is 165 Å². The summed E-state index contributed by atoms with van der Waals surface area (Å²) in [6.45, 7) is 6.12. The van der Waals surface area contributed by atoms with Gasteiger partial charge in [0.1, 0.15) is 0 Å². The van der Waals surface area contributed by atoms with Gasteiger partial charge in [0.05, 0.1) is 6.10 Å². The highest BCUT2D eigenvalue weighted by Crippen LogP contribution is 2.31. The Morgan fingerprint density at radius 3 is 2.96 bits per heavy atom. The van der Waals surface area contributed by atoms with Crippen LogP contribution >= 0.6 is 12.4 Å². The molecule has 1 amide bonds. The molecule has 0 spiro atoms. The Hall–Kier alpha value is -2.12. The number of hydrogen-bond donors (Lipinski definition) is 2. The molecule has 2 aliphatic rings. The first-order valence-corrected chi connectivity index (χ1v) is 9.31. The van der Waals surface area contributed by atoms with Crippen LogP contribution in [0.4, 0.5) is 0 Å². The number of H-pyrrole nitrogens is 1. The number of aromatic nitrogens is 3. The van der Waals surface area contributed by atoms with E-state index in [2.05, 4.69) is 20.5 Å². The van der Waals surface area contributed by atoms with E-state index in [1.165, 1.54) is 0 Å². The normalized spacial score (nSPS) is 15.8. The van der Waals surface area contributed by atoms with Crippen LogP contribution in [0.5, 0.6) is 5.88 Å². The number of fused-ring (bicyclic) bond motifs is 1. The molecule has 0 saturated heterocycles. The molecule has 1 fully saturated rings. The largest absolute Gasteiger partial charge is 0.475 e. The van der Waals surface area contributed by atoms with E-state index in [-0.39, 0.29) is 24.4 Å². The Morgan fingerprint density at radius 1 is 1.41 bits per heavy atom. The van der Waals surface area contributed by atoms with Crippen molar-refractivity contribution in [2.75, 3.05) is 6.54 Å². The molecule has 0 aromatic carbocycles. The van der Waals surface area contributed by atoms with Crippen LogP contribution in [-0.4, -0.2) is 44.7 Å². The van der Waals surface area contributed by atoms with Crippen molar-refractivity contribution in [3.05, 3.63) is 40.8 Å². The standard InChI is InChI=1S/C19H25N5O2.ClH/c1-12(2)26-17-9-13(5-8-21-17)11-24(14-3-4-14)19(25)18-15-10-20-7-6-16(15)22-23-18;/h5,8-9,12,14,20H,3-4,6-7,10-11H2,1-2H3,(H,22,23);1H. The molecular weight excluding hydrogens is 366 g/mol. The molecule has 0 atom stereocenters. The maximum absolute atomic E-state index is 13.2. The minimum atomic E-state index is 0. The Morgan fingerprint density at radius 2 is 2.22 bits per heavy atom. The van der Waals surface area contributed by atoms with Gasteiger partial charge < -0.3 is 15.0 Å². The number of aromatic amines is 1. The van der Waals surface area contributed by atoms with E-state index in [1.54, 1.807) is 6.20 Å². The molecule has 27 heavy (non-hydrogen) atoms. The topological polar surface area (TPSA) is 83.1 Å².